The van der Waals surface area contributed by atoms with Crippen LogP contribution >= 0.6 is 11.3 Å². The summed E-state index contributed by atoms with van der Waals surface area (Å²) in [5, 5.41) is 11.9. The average molecular weight is 589 g/mol. The van der Waals surface area contributed by atoms with Crippen molar-refractivity contribution in [2.24, 2.45) is 0 Å². The molecule has 42 heavy (non-hydrogen) atoms. The number of amides is 1. The number of carbonyl (C=O) groups excluding carboxylic acids is 2. The van der Waals surface area contributed by atoms with Crippen LogP contribution in [0.3, 0.4) is 0 Å². The van der Waals surface area contributed by atoms with Crippen molar-refractivity contribution in [2.75, 3.05) is 32.8 Å². The maximum atomic E-state index is 13.8. The number of nitrogens with zero attached hydrogens (tertiary/aromatic N) is 2. The first-order chi connectivity index (χ1) is 20.2. The van der Waals surface area contributed by atoms with Gasteiger partial charge in [0.1, 0.15) is 11.5 Å². The second-order valence-corrected chi connectivity index (χ2v) is 10.9. The molecule has 1 aliphatic heterocycles. The van der Waals surface area contributed by atoms with E-state index in [9.17, 15) is 14.7 Å². The van der Waals surface area contributed by atoms with E-state index in [1.165, 1.54) is 37.6 Å². The van der Waals surface area contributed by atoms with Gasteiger partial charge in [-0.05, 0) is 79.4 Å². The third-order valence-corrected chi connectivity index (χ3v) is 8.07. The van der Waals surface area contributed by atoms with E-state index in [0.717, 1.165) is 27.8 Å². The number of aromatic nitrogens is 1. The lowest BCUT2D eigenvalue weighted by Crippen LogP contribution is -2.29. The van der Waals surface area contributed by atoms with Crippen molar-refractivity contribution < 1.29 is 33.6 Å². The maximum Gasteiger partial charge on any atom is 0.301 e. The van der Waals surface area contributed by atoms with Crippen LogP contribution in [0.25, 0.3) is 16.0 Å². The Labute approximate surface area is 247 Å². The molecule has 0 saturated carbocycles. The molecule has 1 amide bonds. The molecule has 1 unspecified atom stereocenters. The molecular formula is C32H32N2O7S. The summed E-state index contributed by atoms with van der Waals surface area (Å²) in [7, 11) is 4.46. The average Bonchev–Trinajstić information content (AvgIpc) is 3.53. The molecule has 1 N–H and O–H groups in total. The van der Waals surface area contributed by atoms with Crippen molar-refractivity contribution in [3.63, 3.8) is 0 Å². The number of methoxy groups -OCH3 is 3. The number of aliphatic hydroxyl groups excluding tert-OH is 1. The molecule has 2 heterocycles. The molecule has 0 spiro atoms. The van der Waals surface area contributed by atoms with Gasteiger partial charge in [0, 0.05) is 5.56 Å². The molecule has 5 rings (SSSR count). The lowest BCUT2D eigenvalue weighted by molar-refractivity contribution is -0.132. The summed E-state index contributed by atoms with van der Waals surface area (Å²) in [6, 6.07) is 13.1. The molecule has 1 fully saturated rings. The highest BCUT2D eigenvalue weighted by molar-refractivity contribution is 7.22. The monoisotopic (exact) mass is 588 g/mol. The van der Waals surface area contributed by atoms with Gasteiger partial charge in [0.25, 0.3) is 5.78 Å². The number of ketones is 1. The summed E-state index contributed by atoms with van der Waals surface area (Å²) in [4.78, 5) is 33.6. The lowest BCUT2D eigenvalue weighted by Gasteiger charge is -2.24. The van der Waals surface area contributed by atoms with Gasteiger partial charge >= 0.3 is 5.91 Å². The van der Waals surface area contributed by atoms with Crippen LogP contribution in [-0.4, -0.2) is 49.7 Å². The Kier molecular flexibility index (Phi) is 8.08. The molecule has 218 valence electrons. The molecule has 0 bridgehead atoms. The fourth-order valence-corrected chi connectivity index (χ4v) is 6.32. The number of hydrogen-bond acceptors (Lipinski definition) is 9. The van der Waals surface area contributed by atoms with E-state index in [4.69, 9.17) is 23.9 Å². The minimum absolute atomic E-state index is 0.0799. The molecule has 10 heteroatoms. The van der Waals surface area contributed by atoms with Crippen LogP contribution in [0.2, 0.25) is 0 Å². The molecule has 9 nitrogen and oxygen atoms in total. The van der Waals surface area contributed by atoms with Crippen molar-refractivity contribution in [3.8, 4) is 23.0 Å². The predicted molar refractivity (Wildman–Crippen MR) is 162 cm³/mol. The van der Waals surface area contributed by atoms with Crippen LogP contribution in [0.1, 0.15) is 41.6 Å². The summed E-state index contributed by atoms with van der Waals surface area (Å²) >= 11 is 1.31. The highest BCUT2D eigenvalue weighted by Crippen LogP contribution is 2.48. The molecular weight excluding hydrogens is 556 g/mol. The SMILES string of the molecule is CCCOc1ccc(C(O)=C2C(=O)C(=O)N(c3nc4c(C)cc(C)cc4s3)C2c2cc(OC)c(OC)c(OC)c2)cc1. The Morgan fingerprint density at radius 2 is 1.64 bits per heavy atom. The summed E-state index contributed by atoms with van der Waals surface area (Å²) in [5.74, 6) is -0.276. The first kappa shape index (κ1) is 28.9. The number of fused-ring (bicyclic) bond motifs is 1. The van der Waals surface area contributed by atoms with Gasteiger partial charge in [-0.3, -0.25) is 14.5 Å². The number of anilines is 1. The van der Waals surface area contributed by atoms with Crippen molar-refractivity contribution >= 4 is 44.1 Å². The second-order valence-electron chi connectivity index (χ2n) is 9.93. The van der Waals surface area contributed by atoms with Gasteiger partial charge in [0.2, 0.25) is 5.75 Å². The Morgan fingerprint density at radius 3 is 2.24 bits per heavy atom. The fourth-order valence-electron chi connectivity index (χ4n) is 5.15. The third-order valence-electron chi connectivity index (χ3n) is 7.07. The number of ether oxygens (including phenoxy) is 4. The van der Waals surface area contributed by atoms with Gasteiger partial charge in [-0.15, -0.1) is 0 Å². The van der Waals surface area contributed by atoms with Crippen LogP contribution in [0, 0.1) is 13.8 Å². The zero-order valence-corrected chi connectivity index (χ0v) is 25.1. The Bertz CT molecular complexity index is 1680. The zero-order valence-electron chi connectivity index (χ0n) is 24.3. The number of Topliss-reactive ketones (excluding diaryl/α,β-unsaturated/α-hetero) is 1. The topological polar surface area (TPSA) is 107 Å². The van der Waals surface area contributed by atoms with Crippen molar-refractivity contribution in [1.82, 2.24) is 4.98 Å². The van der Waals surface area contributed by atoms with E-state index in [0.29, 0.717) is 45.9 Å². The summed E-state index contributed by atoms with van der Waals surface area (Å²) < 4.78 is 23.2. The van der Waals surface area contributed by atoms with E-state index < -0.39 is 17.7 Å². The minimum Gasteiger partial charge on any atom is -0.507 e. The van der Waals surface area contributed by atoms with Gasteiger partial charge in [0.15, 0.2) is 16.6 Å². The van der Waals surface area contributed by atoms with E-state index >= 15 is 0 Å². The molecule has 3 aromatic carbocycles. The quantitative estimate of drug-likeness (QED) is 0.137. The molecule has 1 saturated heterocycles. The van der Waals surface area contributed by atoms with Crippen LogP contribution in [-0.2, 0) is 9.59 Å². The Hall–Kier alpha value is -4.57. The van der Waals surface area contributed by atoms with Crippen molar-refractivity contribution in [1.29, 1.82) is 0 Å². The van der Waals surface area contributed by atoms with Gasteiger partial charge in [-0.2, -0.15) is 0 Å². The zero-order chi connectivity index (χ0) is 30.1. The lowest BCUT2D eigenvalue weighted by atomic mass is 9.94. The van der Waals surface area contributed by atoms with E-state index in [1.807, 2.05) is 32.9 Å². The third kappa shape index (κ3) is 5.02. The molecule has 4 aromatic rings. The first-order valence-electron chi connectivity index (χ1n) is 13.4. The number of aliphatic hydroxyl groups is 1. The number of carbonyl (C=O) groups is 2. The first-order valence-corrected chi connectivity index (χ1v) is 14.3. The molecule has 1 aliphatic rings. The highest BCUT2D eigenvalue weighted by atomic mass is 32.1. The number of hydrogen-bond donors (Lipinski definition) is 1. The fraction of sp³-hybridized carbons (Fsp3) is 0.281. The maximum absolute atomic E-state index is 13.8. The smallest absolute Gasteiger partial charge is 0.301 e. The number of benzene rings is 3. The highest BCUT2D eigenvalue weighted by Gasteiger charge is 2.48. The summed E-state index contributed by atoms with van der Waals surface area (Å²) in [6.07, 6.45) is 0.852. The van der Waals surface area contributed by atoms with E-state index in [-0.39, 0.29) is 11.3 Å². The minimum atomic E-state index is -1.03. The summed E-state index contributed by atoms with van der Waals surface area (Å²) in [5.41, 5.74) is 3.52. The molecule has 0 aliphatic carbocycles. The Balaban J connectivity index is 1.74. The van der Waals surface area contributed by atoms with Gasteiger partial charge in [-0.1, -0.05) is 24.3 Å². The normalized spacial score (nSPS) is 16.2. The largest absolute Gasteiger partial charge is 0.507 e. The van der Waals surface area contributed by atoms with E-state index in [1.54, 1.807) is 36.4 Å². The number of rotatable bonds is 9. The van der Waals surface area contributed by atoms with Crippen LogP contribution < -0.4 is 23.8 Å². The predicted octanol–water partition coefficient (Wildman–Crippen LogP) is 6.35. The van der Waals surface area contributed by atoms with E-state index in [2.05, 4.69) is 0 Å². The molecule has 1 atom stereocenters. The molecule has 0 radical (unpaired) electrons. The van der Waals surface area contributed by atoms with Crippen molar-refractivity contribution in [3.05, 3.63) is 76.4 Å². The Morgan fingerprint density at radius 1 is 0.976 bits per heavy atom. The van der Waals surface area contributed by atoms with Gasteiger partial charge in [-0.25, -0.2) is 4.98 Å². The second kappa shape index (κ2) is 11.7. The number of thiazole rings is 1. The van der Waals surface area contributed by atoms with Gasteiger partial charge < -0.3 is 24.1 Å². The van der Waals surface area contributed by atoms with Crippen LogP contribution in [0.15, 0.2) is 54.1 Å². The number of aryl methyl sites for hydroxylation is 2. The van der Waals surface area contributed by atoms with Crippen LogP contribution in [0.5, 0.6) is 23.0 Å². The van der Waals surface area contributed by atoms with Crippen LogP contribution in [0.4, 0.5) is 5.13 Å². The molecule has 1 aromatic heterocycles. The summed E-state index contributed by atoms with van der Waals surface area (Å²) in [6.45, 7) is 6.51. The van der Waals surface area contributed by atoms with Gasteiger partial charge in [0.05, 0.1) is 49.8 Å². The standard InChI is InChI=1S/C32H32N2O7S/c1-7-12-41-21-10-8-19(9-11-21)28(35)25-27(20-15-22(38-4)30(40-6)23(16-20)39-5)34(31(37)29(25)36)32-33-26-18(3)13-17(2)14-24(26)42-32/h8-11,13-16,27,35H,7,12H2,1-6H3. The van der Waals surface area contributed by atoms with Crippen molar-refractivity contribution in [2.45, 2.75) is 33.2 Å².